The van der Waals surface area contributed by atoms with Crippen molar-refractivity contribution in [2.75, 3.05) is 5.32 Å². The van der Waals surface area contributed by atoms with Gasteiger partial charge in [0.25, 0.3) is 0 Å². The fourth-order valence-electron chi connectivity index (χ4n) is 1.08. The monoisotopic (exact) mass is 381 g/mol. The Kier molecular flexibility index (Phi) is 5.05. The molecule has 0 heterocycles. The summed E-state index contributed by atoms with van der Waals surface area (Å²) in [5, 5.41) is 2.87. The average molecular weight is 382 g/mol. The lowest BCUT2D eigenvalue weighted by Crippen LogP contribution is -2.26. The predicted molar refractivity (Wildman–Crippen MR) is 75.3 cm³/mol. The van der Waals surface area contributed by atoms with Gasteiger partial charge in [0.05, 0.1) is 4.83 Å². The van der Waals surface area contributed by atoms with Gasteiger partial charge in [0.15, 0.2) is 0 Å². The number of carbonyl (C=O) groups is 1. The molecule has 0 aromatic heterocycles. The number of amides is 1. The summed E-state index contributed by atoms with van der Waals surface area (Å²) in [6.45, 7) is 4.02. The van der Waals surface area contributed by atoms with Crippen LogP contribution in [-0.4, -0.2) is 10.7 Å². The first-order valence-corrected chi connectivity index (χ1v) is 6.70. The summed E-state index contributed by atoms with van der Waals surface area (Å²) in [6.07, 6.45) is 0. The van der Waals surface area contributed by atoms with Crippen LogP contribution in [0.1, 0.15) is 13.8 Å². The average Bonchev–Trinajstić information content (AvgIpc) is 2.16. The highest BCUT2D eigenvalue weighted by Gasteiger charge is 2.18. The first-order chi connectivity index (χ1) is 7.00. The molecule has 1 amide bonds. The van der Waals surface area contributed by atoms with E-state index >= 15 is 0 Å². The normalized spacial score (nSPS) is 12.6. The molecule has 0 bridgehead atoms. The zero-order valence-corrected chi connectivity index (χ0v) is 12.4. The van der Waals surface area contributed by atoms with Gasteiger partial charge < -0.3 is 5.32 Å². The van der Waals surface area contributed by atoms with Crippen LogP contribution >= 0.6 is 38.5 Å². The first kappa shape index (κ1) is 13.0. The minimum atomic E-state index is -0.143. The van der Waals surface area contributed by atoms with Crippen LogP contribution in [0.15, 0.2) is 24.3 Å². The van der Waals surface area contributed by atoms with Gasteiger partial charge in [-0.05, 0) is 46.7 Å². The fraction of sp³-hybridized carbons (Fsp3) is 0.364. The van der Waals surface area contributed by atoms with Crippen LogP contribution in [0.5, 0.6) is 0 Å². The summed E-state index contributed by atoms with van der Waals surface area (Å²) in [6, 6.07) is 7.75. The second-order valence-corrected chi connectivity index (χ2v) is 5.88. The Bertz CT molecular complexity index is 354. The highest BCUT2D eigenvalue weighted by Crippen LogP contribution is 2.17. The third-order valence-corrected chi connectivity index (χ3v) is 4.07. The summed E-state index contributed by atoms with van der Waals surface area (Å²) in [7, 11) is 0. The number of anilines is 1. The molecule has 0 aliphatic heterocycles. The first-order valence-electron chi connectivity index (χ1n) is 4.71. The molecule has 0 fully saturated rings. The quantitative estimate of drug-likeness (QED) is 0.628. The van der Waals surface area contributed by atoms with Crippen LogP contribution in [0.3, 0.4) is 0 Å². The van der Waals surface area contributed by atoms with E-state index in [1.807, 2.05) is 38.1 Å². The van der Waals surface area contributed by atoms with Crippen LogP contribution in [0.25, 0.3) is 0 Å². The van der Waals surface area contributed by atoms with Gasteiger partial charge in [0.1, 0.15) is 0 Å². The Labute approximate surface area is 112 Å². The van der Waals surface area contributed by atoms with E-state index in [4.69, 9.17) is 0 Å². The number of hydrogen-bond acceptors (Lipinski definition) is 1. The Hall–Kier alpha value is -0.100. The van der Waals surface area contributed by atoms with Gasteiger partial charge in [-0.15, -0.1) is 0 Å². The molecular weight excluding hydrogens is 369 g/mol. The molecule has 0 aliphatic rings. The fourth-order valence-corrected chi connectivity index (χ4v) is 1.74. The molecule has 4 heteroatoms. The molecule has 0 saturated heterocycles. The number of alkyl halides is 1. The summed E-state index contributed by atoms with van der Waals surface area (Å²) in [4.78, 5) is 11.6. The lowest BCUT2D eigenvalue weighted by Gasteiger charge is -2.13. The van der Waals surface area contributed by atoms with Crippen LogP contribution < -0.4 is 5.32 Å². The maximum Gasteiger partial charge on any atom is 0.238 e. The molecule has 82 valence electrons. The van der Waals surface area contributed by atoms with E-state index in [-0.39, 0.29) is 16.7 Å². The van der Waals surface area contributed by atoms with E-state index < -0.39 is 0 Å². The SMILES string of the molecule is CC(C)C(Br)C(=O)Nc1cccc(I)c1. The van der Waals surface area contributed by atoms with Crippen molar-refractivity contribution >= 4 is 50.1 Å². The van der Waals surface area contributed by atoms with Gasteiger partial charge in [-0.1, -0.05) is 35.8 Å². The molecule has 1 N–H and O–H groups in total. The van der Waals surface area contributed by atoms with Crippen molar-refractivity contribution in [3.63, 3.8) is 0 Å². The van der Waals surface area contributed by atoms with Gasteiger partial charge in [0, 0.05) is 9.26 Å². The number of halogens is 2. The summed E-state index contributed by atoms with van der Waals surface area (Å²) < 4.78 is 1.11. The standard InChI is InChI=1S/C11H13BrINO/c1-7(2)10(12)11(15)14-9-5-3-4-8(13)6-9/h3-7,10H,1-2H3,(H,14,15). The van der Waals surface area contributed by atoms with Crippen molar-refractivity contribution in [2.45, 2.75) is 18.7 Å². The number of benzene rings is 1. The second-order valence-electron chi connectivity index (χ2n) is 3.65. The molecule has 1 rings (SSSR count). The zero-order chi connectivity index (χ0) is 11.4. The van der Waals surface area contributed by atoms with Crippen LogP contribution in [-0.2, 0) is 4.79 Å². The van der Waals surface area contributed by atoms with Crippen molar-refractivity contribution in [1.82, 2.24) is 0 Å². The third kappa shape index (κ3) is 4.10. The van der Waals surface area contributed by atoms with Gasteiger partial charge in [-0.25, -0.2) is 0 Å². The topological polar surface area (TPSA) is 29.1 Å². The van der Waals surface area contributed by atoms with Crippen molar-refractivity contribution in [2.24, 2.45) is 5.92 Å². The van der Waals surface area contributed by atoms with Gasteiger partial charge >= 0.3 is 0 Å². The minimum Gasteiger partial charge on any atom is -0.325 e. The van der Waals surface area contributed by atoms with Crippen LogP contribution in [0, 0.1) is 9.49 Å². The van der Waals surface area contributed by atoms with Crippen molar-refractivity contribution in [3.05, 3.63) is 27.8 Å². The number of nitrogens with one attached hydrogen (secondary N) is 1. The molecule has 15 heavy (non-hydrogen) atoms. The molecule has 1 atom stereocenters. The third-order valence-electron chi connectivity index (χ3n) is 1.93. The van der Waals surface area contributed by atoms with Crippen LogP contribution in [0.4, 0.5) is 5.69 Å². The summed E-state index contributed by atoms with van der Waals surface area (Å²) in [5.74, 6) is 0.291. The largest absolute Gasteiger partial charge is 0.325 e. The van der Waals surface area contributed by atoms with E-state index in [1.54, 1.807) is 0 Å². The van der Waals surface area contributed by atoms with Gasteiger partial charge in [-0.3, -0.25) is 4.79 Å². The van der Waals surface area contributed by atoms with Crippen molar-refractivity contribution in [3.8, 4) is 0 Å². The van der Waals surface area contributed by atoms with E-state index in [9.17, 15) is 4.79 Å². The molecule has 0 radical (unpaired) electrons. The lowest BCUT2D eigenvalue weighted by molar-refractivity contribution is -0.116. The number of carbonyl (C=O) groups excluding carboxylic acids is 1. The van der Waals surface area contributed by atoms with Gasteiger partial charge in [-0.2, -0.15) is 0 Å². The maximum absolute atomic E-state index is 11.7. The van der Waals surface area contributed by atoms with E-state index in [0.29, 0.717) is 0 Å². The van der Waals surface area contributed by atoms with Gasteiger partial charge in [0.2, 0.25) is 5.91 Å². The van der Waals surface area contributed by atoms with Crippen molar-refractivity contribution < 1.29 is 4.79 Å². The van der Waals surface area contributed by atoms with E-state index in [0.717, 1.165) is 9.26 Å². The van der Waals surface area contributed by atoms with E-state index in [2.05, 4.69) is 43.8 Å². The Morgan fingerprint density at radius 1 is 1.47 bits per heavy atom. The molecule has 0 spiro atoms. The maximum atomic E-state index is 11.7. The predicted octanol–water partition coefficient (Wildman–Crippen LogP) is 3.65. The molecule has 1 aromatic carbocycles. The highest BCUT2D eigenvalue weighted by atomic mass is 127. The molecule has 1 unspecified atom stereocenters. The molecule has 1 aromatic rings. The Balaban J connectivity index is 2.66. The number of hydrogen-bond donors (Lipinski definition) is 1. The highest BCUT2D eigenvalue weighted by molar-refractivity contribution is 14.1. The lowest BCUT2D eigenvalue weighted by atomic mass is 10.1. The molecule has 0 saturated carbocycles. The Morgan fingerprint density at radius 2 is 2.13 bits per heavy atom. The van der Waals surface area contributed by atoms with Crippen LogP contribution in [0.2, 0.25) is 0 Å². The van der Waals surface area contributed by atoms with Crippen molar-refractivity contribution in [1.29, 1.82) is 0 Å². The number of rotatable bonds is 3. The minimum absolute atomic E-state index is 0.00648. The van der Waals surface area contributed by atoms with E-state index in [1.165, 1.54) is 0 Å². The molecular formula is C11H13BrINO. The second kappa shape index (κ2) is 5.84. The Morgan fingerprint density at radius 3 is 2.67 bits per heavy atom. The summed E-state index contributed by atoms with van der Waals surface area (Å²) >= 11 is 5.59. The summed E-state index contributed by atoms with van der Waals surface area (Å²) in [5.41, 5.74) is 0.844. The molecule has 2 nitrogen and oxygen atoms in total. The molecule has 0 aliphatic carbocycles. The zero-order valence-electron chi connectivity index (χ0n) is 8.63. The smallest absolute Gasteiger partial charge is 0.238 e.